The van der Waals surface area contributed by atoms with Gasteiger partial charge in [-0.15, -0.1) is 0 Å². The number of benzene rings is 3. The van der Waals surface area contributed by atoms with Gasteiger partial charge in [0.2, 0.25) is 5.78 Å². The number of carbonyl (C=O) groups excluding carboxylic acids is 1. The zero-order chi connectivity index (χ0) is 21.8. The minimum atomic E-state index is -2.22. The molecule has 154 valence electrons. The van der Waals surface area contributed by atoms with Gasteiger partial charge in [-0.05, 0) is 47.5 Å². The Morgan fingerprint density at radius 2 is 0.906 bits per heavy atom. The monoisotopic (exact) mass is 431 g/mol. The molecule has 0 aromatic heterocycles. The summed E-state index contributed by atoms with van der Waals surface area (Å²) in [5.41, 5.74) is 3.17. The van der Waals surface area contributed by atoms with Crippen LogP contribution in [0.3, 0.4) is 0 Å². The lowest BCUT2D eigenvalue weighted by Gasteiger charge is -2.26. The zero-order valence-corrected chi connectivity index (χ0v) is 18.7. The van der Waals surface area contributed by atoms with Crippen molar-refractivity contribution >= 4 is 29.0 Å². The molecule has 2 heteroatoms. The largest absolute Gasteiger partial charge is 0.290 e. The molecule has 0 saturated carbocycles. The second kappa shape index (κ2) is 8.91. The van der Waals surface area contributed by atoms with Gasteiger partial charge in [-0.2, -0.15) is 0 Å². The first kappa shape index (κ1) is 20.4. The number of fused-ring (bicyclic) bond motifs is 1. The number of rotatable bonds is 6. The number of hydrogen-bond donors (Lipinski definition) is 0. The van der Waals surface area contributed by atoms with Crippen molar-refractivity contribution in [2.24, 2.45) is 0 Å². The van der Waals surface area contributed by atoms with Gasteiger partial charge in [-0.3, -0.25) is 4.79 Å². The SMILES string of the molecule is O=C(C[P+](c1ccccc1)(c1ccccc1)c1cc2cccccc-2c1)c1ccccc1. The fourth-order valence-electron chi connectivity index (χ4n) is 4.44. The van der Waals surface area contributed by atoms with Crippen LogP contribution >= 0.6 is 7.26 Å². The summed E-state index contributed by atoms with van der Waals surface area (Å²) in [6.07, 6.45) is 0.466. The molecule has 0 amide bonds. The van der Waals surface area contributed by atoms with E-state index in [-0.39, 0.29) is 5.78 Å². The van der Waals surface area contributed by atoms with Crippen LogP contribution in [0.5, 0.6) is 0 Å². The highest BCUT2D eigenvalue weighted by Gasteiger charge is 2.48. The van der Waals surface area contributed by atoms with E-state index in [9.17, 15) is 4.79 Å². The van der Waals surface area contributed by atoms with Crippen molar-refractivity contribution in [3.8, 4) is 11.1 Å². The second-order valence-electron chi connectivity index (χ2n) is 7.96. The molecule has 0 saturated heterocycles. The van der Waals surface area contributed by atoms with E-state index in [4.69, 9.17) is 0 Å². The van der Waals surface area contributed by atoms with Crippen molar-refractivity contribution in [1.82, 2.24) is 0 Å². The van der Waals surface area contributed by atoms with Crippen LogP contribution in [0.1, 0.15) is 10.4 Å². The van der Waals surface area contributed by atoms with Gasteiger partial charge in [-0.25, -0.2) is 0 Å². The molecular formula is C30H24OP+. The normalized spacial score (nSPS) is 11.4. The van der Waals surface area contributed by atoms with Crippen molar-refractivity contribution in [2.45, 2.75) is 0 Å². The van der Waals surface area contributed by atoms with E-state index in [1.54, 1.807) is 0 Å². The molecule has 3 aromatic carbocycles. The van der Waals surface area contributed by atoms with Crippen LogP contribution < -0.4 is 15.9 Å². The number of Topliss-reactive ketones (excluding diaryl/α,β-unsaturated/α-hetero) is 1. The van der Waals surface area contributed by atoms with E-state index in [1.165, 1.54) is 27.0 Å². The Labute approximate surface area is 190 Å². The third kappa shape index (κ3) is 3.77. The molecule has 3 aromatic rings. The standard InChI is InChI=1S/C30H24OP/c31-30(24-13-5-1-6-14-24)23-32(27-17-9-3-10-18-27,28-19-11-4-12-20-28)29-21-25-15-7-2-8-16-26(25)22-29/h1-22H,23H2/q+1. The van der Waals surface area contributed by atoms with Crippen LogP contribution in [0.2, 0.25) is 0 Å². The molecule has 0 bridgehead atoms. The Bertz CT molecular complexity index is 1230. The third-order valence-corrected chi connectivity index (χ3v) is 10.3. The maximum atomic E-state index is 13.7. The van der Waals surface area contributed by atoms with E-state index in [1.807, 2.05) is 42.5 Å². The number of carbonyl (C=O) groups is 1. The predicted octanol–water partition coefficient (Wildman–Crippen LogP) is 5.97. The first-order chi connectivity index (χ1) is 15.8. The van der Waals surface area contributed by atoms with Gasteiger partial charge < -0.3 is 0 Å². The maximum absolute atomic E-state index is 13.7. The molecule has 0 N–H and O–H groups in total. The van der Waals surface area contributed by atoms with Crippen LogP contribution in [0.15, 0.2) is 133 Å². The van der Waals surface area contributed by atoms with Crippen LogP contribution in [-0.2, 0) is 0 Å². The van der Waals surface area contributed by atoms with E-state index in [2.05, 4.69) is 91.0 Å². The fraction of sp³-hybridized carbons (Fsp3) is 0.0333. The summed E-state index contributed by atoms with van der Waals surface area (Å²) in [6, 6.07) is 46.0. The highest BCUT2D eigenvalue weighted by atomic mass is 31.2. The van der Waals surface area contributed by atoms with E-state index < -0.39 is 7.26 Å². The summed E-state index contributed by atoms with van der Waals surface area (Å²) in [5.74, 6) is 0.183. The first-order valence-corrected chi connectivity index (χ1v) is 12.8. The average Bonchev–Trinajstić information content (AvgIpc) is 3.14. The van der Waals surface area contributed by atoms with Gasteiger partial charge in [0.25, 0.3) is 0 Å². The Hall–Kier alpha value is -3.54. The maximum Gasteiger partial charge on any atom is 0.201 e. The predicted molar refractivity (Wildman–Crippen MR) is 137 cm³/mol. The molecule has 5 rings (SSSR count). The lowest BCUT2D eigenvalue weighted by molar-refractivity contribution is 0.102. The van der Waals surface area contributed by atoms with Crippen LogP contribution in [0.4, 0.5) is 0 Å². The summed E-state index contributed by atoms with van der Waals surface area (Å²) < 4.78 is 0. The van der Waals surface area contributed by atoms with E-state index in [0.717, 1.165) is 5.56 Å². The molecule has 0 radical (unpaired) electrons. The summed E-state index contributed by atoms with van der Waals surface area (Å²) in [4.78, 5) is 13.7. The molecule has 2 aliphatic carbocycles. The molecule has 0 unspecified atom stereocenters. The van der Waals surface area contributed by atoms with Crippen LogP contribution in [0, 0.1) is 0 Å². The highest BCUT2D eigenvalue weighted by Crippen LogP contribution is 2.56. The minimum Gasteiger partial charge on any atom is -0.290 e. The van der Waals surface area contributed by atoms with Crippen molar-refractivity contribution in [3.05, 3.63) is 139 Å². The van der Waals surface area contributed by atoms with Crippen molar-refractivity contribution < 1.29 is 4.79 Å². The molecule has 2 aliphatic rings. The quantitative estimate of drug-likeness (QED) is 0.239. The van der Waals surface area contributed by atoms with E-state index >= 15 is 0 Å². The topological polar surface area (TPSA) is 17.1 Å². The molecule has 0 spiro atoms. The molecule has 0 atom stereocenters. The van der Waals surface area contributed by atoms with Crippen LogP contribution in [0.25, 0.3) is 11.1 Å². The van der Waals surface area contributed by atoms with Gasteiger partial charge in [-0.1, -0.05) is 97.1 Å². The van der Waals surface area contributed by atoms with Crippen molar-refractivity contribution in [2.75, 3.05) is 6.16 Å². The molecule has 0 heterocycles. The Morgan fingerprint density at radius 1 is 0.500 bits per heavy atom. The Kier molecular flexibility index (Phi) is 5.67. The molecular weight excluding hydrogens is 407 g/mol. The van der Waals surface area contributed by atoms with Gasteiger partial charge in [0.05, 0.1) is 0 Å². The first-order valence-electron chi connectivity index (χ1n) is 10.8. The second-order valence-corrected chi connectivity index (χ2v) is 11.4. The summed E-state index contributed by atoms with van der Waals surface area (Å²) in [7, 11) is -2.22. The zero-order valence-electron chi connectivity index (χ0n) is 17.8. The number of hydrogen-bond acceptors (Lipinski definition) is 1. The highest BCUT2D eigenvalue weighted by molar-refractivity contribution is 7.96. The van der Waals surface area contributed by atoms with Crippen LogP contribution in [-0.4, -0.2) is 11.9 Å². The van der Waals surface area contributed by atoms with Gasteiger partial charge >= 0.3 is 0 Å². The smallest absolute Gasteiger partial charge is 0.201 e. The van der Waals surface area contributed by atoms with Gasteiger partial charge in [0.15, 0.2) is 0 Å². The Balaban J connectivity index is 1.78. The molecule has 0 aliphatic heterocycles. The lowest BCUT2D eigenvalue weighted by Crippen LogP contribution is -2.35. The van der Waals surface area contributed by atoms with Gasteiger partial charge in [0.1, 0.15) is 29.3 Å². The summed E-state index contributed by atoms with van der Waals surface area (Å²) in [5, 5.41) is 3.71. The van der Waals surface area contributed by atoms with E-state index in [0.29, 0.717) is 6.16 Å². The van der Waals surface area contributed by atoms with Gasteiger partial charge in [0, 0.05) is 5.56 Å². The van der Waals surface area contributed by atoms with Crippen molar-refractivity contribution in [3.63, 3.8) is 0 Å². The minimum absolute atomic E-state index is 0.183. The summed E-state index contributed by atoms with van der Waals surface area (Å²) in [6.45, 7) is 0. The lowest BCUT2D eigenvalue weighted by atomic mass is 10.2. The molecule has 0 fully saturated rings. The molecule has 1 nitrogen and oxygen atoms in total. The average molecular weight is 431 g/mol. The number of ketones is 1. The third-order valence-electron chi connectivity index (χ3n) is 6.03. The molecule has 32 heavy (non-hydrogen) atoms. The fourth-order valence-corrected chi connectivity index (χ4v) is 8.57. The summed E-state index contributed by atoms with van der Waals surface area (Å²) >= 11 is 0. The van der Waals surface area contributed by atoms with Crippen molar-refractivity contribution in [1.29, 1.82) is 0 Å². The Morgan fingerprint density at radius 3 is 1.38 bits per heavy atom.